The Balaban J connectivity index is 1.85. The summed E-state index contributed by atoms with van der Waals surface area (Å²) < 4.78 is 25.9. The predicted molar refractivity (Wildman–Crippen MR) is 116 cm³/mol. The van der Waals surface area contributed by atoms with Crippen molar-refractivity contribution in [3.63, 3.8) is 0 Å². The van der Waals surface area contributed by atoms with Gasteiger partial charge in [-0.1, -0.05) is 51.1 Å². The molecule has 0 aromatic heterocycles. The molecule has 0 bridgehead atoms. The van der Waals surface area contributed by atoms with E-state index >= 15 is 0 Å². The Morgan fingerprint density at radius 3 is 2.41 bits per heavy atom. The van der Waals surface area contributed by atoms with Crippen molar-refractivity contribution in [1.29, 1.82) is 0 Å². The molecule has 0 saturated carbocycles. The maximum Gasteiger partial charge on any atom is 0.192 e. The van der Waals surface area contributed by atoms with Crippen molar-refractivity contribution in [1.82, 2.24) is 0 Å². The van der Waals surface area contributed by atoms with Gasteiger partial charge < -0.3 is 23.7 Å². The molecule has 6 heteroatoms. The maximum atomic E-state index is 9.74. The van der Waals surface area contributed by atoms with Crippen molar-refractivity contribution < 1.29 is 23.7 Å². The molecule has 5 atom stereocenters. The molecule has 0 unspecified atom stereocenters. The lowest BCUT2D eigenvalue weighted by molar-refractivity contribution is -0.356. The van der Waals surface area contributed by atoms with Crippen molar-refractivity contribution in [3.05, 3.63) is 35.9 Å². The molecule has 5 nitrogen and oxygen atoms in total. The van der Waals surface area contributed by atoms with E-state index in [-0.39, 0.29) is 23.9 Å². The summed E-state index contributed by atoms with van der Waals surface area (Å²) in [6.07, 6.45) is 0.586. The minimum atomic E-state index is -2.02. The molecule has 1 aromatic rings. The summed E-state index contributed by atoms with van der Waals surface area (Å²) in [6.45, 7) is 15.9. The molecule has 2 heterocycles. The van der Waals surface area contributed by atoms with Crippen LogP contribution in [0.25, 0.3) is 0 Å². The lowest BCUT2D eigenvalue weighted by atomic mass is 9.80. The molecule has 2 fully saturated rings. The van der Waals surface area contributed by atoms with Gasteiger partial charge in [0.1, 0.15) is 5.60 Å². The molecule has 0 amide bonds. The summed E-state index contributed by atoms with van der Waals surface area (Å²) in [4.78, 5) is 0. The minimum Gasteiger partial charge on any atom is -0.411 e. The molecule has 0 radical (unpaired) electrons. The molecule has 164 valence electrons. The van der Waals surface area contributed by atoms with Crippen molar-refractivity contribution in [2.45, 2.75) is 95.3 Å². The molecule has 0 spiro atoms. The monoisotopic (exact) mass is 422 g/mol. The van der Waals surface area contributed by atoms with Crippen molar-refractivity contribution in [2.75, 3.05) is 13.2 Å². The average molecular weight is 423 g/mol. The Hall–Kier alpha value is -0.763. The number of fused-ring (bicyclic) bond motifs is 1. The minimum absolute atomic E-state index is 0.0585. The zero-order valence-corrected chi connectivity index (χ0v) is 20.0. The van der Waals surface area contributed by atoms with Gasteiger partial charge in [-0.15, -0.1) is 0 Å². The summed E-state index contributed by atoms with van der Waals surface area (Å²) in [5.74, 6) is 0. The Morgan fingerprint density at radius 2 is 1.83 bits per heavy atom. The number of rotatable bonds is 5. The summed E-state index contributed by atoms with van der Waals surface area (Å²) in [7, 11) is -2.02. The van der Waals surface area contributed by atoms with E-state index in [4.69, 9.17) is 18.6 Å². The highest BCUT2D eigenvalue weighted by Crippen LogP contribution is 2.48. The van der Waals surface area contributed by atoms with Gasteiger partial charge in [0.15, 0.2) is 14.6 Å². The van der Waals surface area contributed by atoms with Gasteiger partial charge in [-0.2, -0.15) is 0 Å². The molecular formula is C23H38O5Si. The van der Waals surface area contributed by atoms with Crippen LogP contribution in [0.15, 0.2) is 30.3 Å². The Labute approximate surface area is 176 Å². The third-order valence-corrected chi connectivity index (χ3v) is 11.5. The highest BCUT2D eigenvalue weighted by Gasteiger charge is 2.57. The largest absolute Gasteiger partial charge is 0.411 e. The van der Waals surface area contributed by atoms with Gasteiger partial charge in [0.05, 0.1) is 24.4 Å². The average Bonchev–Trinajstić information content (AvgIpc) is 2.62. The third-order valence-electron chi connectivity index (χ3n) is 6.99. The Morgan fingerprint density at radius 1 is 1.17 bits per heavy atom. The van der Waals surface area contributed by atoms with Crippen molar-refractivity contribution in [2.24, 2.45) is 0 Å². The van der Waals surface area contributed by atoms with Crippen LogP contribution in [0.4, 0.5) is 0 Å². The van der Waals surface area contributed by atoms with Gasteiger partial charge in [0, 0.05) is 25.0 Å². The van der Waals surface area contributed by atoms with Gasteiger partial charge in [-0.05, 0) is 32.0 Å². The van der Waals surface area contributed by atoms with Crippen LogP contribution in [0, 0.1) is 0 Å². The summed E-state index contributed by atoms with van der Waals surface area (Å²) >= 11 is 0. The highest BCUT2D eigenvalue weighted by molar-refractivity contribution is 6.74. The zero-order valence-electron chi connectivity index (χ0n) is 19.0. The van der Waals surface area contributed by atoms with E-state index in [2.05, 4.69) is 47.7 Å². The molecule has 29 heavy (non-hydrogen) atoms. The van der Waals surface area contributed by atoms with Crippen LogP contribution in [0.2, 0.25) is 18.1 Å². The molecule has 1 N–H and O–H groups in total. The van der Waals surface area contributed by atoms with Crippen molar-refractivity contribution in [3.8, 4) is 0 Å². The fourth-order valence-corrected chi connectivity index (χ4v) is 5.44. The van der Waals surface area contributed by atoms with E-state index in [1.54, 1.807) is 0 Å². The number of benzene rings is 1. The van der Waals surface area contributed by atoms with E-state index in [1.807, 2.05) is 30.3 Å². The molecule has 1 aromatic carbocycles. The fraction of sp³-hybridized carbons (Fsp3) is 0.739. The zero-order chi connectivity index (χ0) is 21.5. The van der Waals surface area contributed by atoms with Crippen LogP contribution < -0.4 is 0 Å². The number of aliphatic hydroxyl groups excluding tert-OH is 1. The van der Waals surface area contributed by atoms with Crippen LogP contribution >= 0.6 is 0 Å². The smallest absolute Gasteiger partial charge is 0.192 e. The van der Waals surface area contributed by atoms with Crippen LogP contribution in [0.1, 0.15) is 59.3 Å². The van der Waals surface area contributed by atoms with Gasteiger partial charge in [0.25, 0.3) is 0 Å². The number of ether oxygens (including phenoxy) is 3. The van der Waals surface area contributed by atoms with Gasteiger partial charge in [-0.25, -0.2) is 0 Å². The first-order chi connectivity index (χ1) is 13.4. The van der Waals surface area contributed by atoms with E-state index in [1.165, 1.54) is 0 Å². The Kier molecular flexibility index (Phi) is 6.37. The number of hydrogen-bond donors (Lipinski definition) is 1. The highest BCUT2D eigenvalue weighted by atomic mass is 28.4. The quantitative estimate of drug-likeness (QED) is 0.690. The molecular weight excluding hydrogens is 384 g/mol. The second-order valence-corrected chi connectivity index (χ2v) is 15.2. The van der Waals surface area contributed by atoms with E-state index in [0.717, 1.165) is 12.0 Å². The lowest BCUT2D eigenvalue weighted by Crippen LogP contribution is -2.67. The summed E-state index contributed by atoms with van der Waals surface area (Å²) in [5, 5.41) is 9.84. The molecule has 2 aliphatic heterocycles. The van der Waals surface area contributed by atoms with Crippen LogP contribution in [0.5, 0.6) is 0 Å². The standard InChI is InChI=1S/C23H38O5Si/c1-21(2,3)29(6,7)27-19-15-18-23(5,28-22(19,4)13-14-24)16-25-20(26-18)17-11-9-8-10-12-17/h8-12,18-20,24H,13-16H2,1-7H3/t18-,19+,20+,22-,23+/m0/s1. The predicted octanol–water partition coefficient (Wildman–Crippen LogP) is 4.81. The fourth-order valence-electron chi connectivity index (χ4n) is 4.03. The molecule has 0 aliphatic carbocycles. The lowest BCUT2D eigenvalue weighted by Gasteiger charge is -2.57. The SMILES string of the molecule is CC(C)(C)[Si](C)(C)O[C@@H]1C[C@@H]2O[C@H](c3ccccc3)OC[C@@]2(C)O[C@@]1(C)CCO. The van der Waals surface area contributed by atoms with E-state index in [0.29, 0.717) is 13.0 Å². The van der Waals surface area contributed by atoms with Crippen molar-refractivity contribution >= 4 is 8.32 Å². The molecule has 2 saturated heterocycles. The Bertz CT molecular complexity index is 688. The second kappa shape index (κ2) is 8.06. The van der Waals surface area contributed by atoms with Crippen LogP contribution in [-0.2, 0) is 18.6 Å². The third kappa shape index (κ3) is 4.63. The topological polar surface area (TPSA) is 57.2 Å². The number of aliphatic hydroxyl groups is 1. The van der Waals surface area contributed by atoms with Gasteiger partial charge in [0.2, 0.25) is 0 Å². The summed E-state index contributed by atoms with van der Waals surface area (Å²) in [6, 6.07) is 10.0. The first kappa shape index (κ1) is 22.9. The summed E-state index contributed by atoms with van der Waals surface area (Å²) in [5.41, 5.74) is -0.135. The second-order valence-electron chi connectivity index (χ2n) is 10.5. The van der Waals surface area contributed by atoms with E-state index in [9.17, 15) is 5.11 Å². The molecule has 3 rings (SSSR count). The van der Waals surface area contributed by atoms with Gasteiger partial charge in [-0.3, -0.25) is 0 Å². The van der Waals surface area contributed by atoms with E-state index < -0.39 is 25.8 Å². The first-order valence-electron chi connectivity index (χ1n) is 10.7. The van der Waals surface area contributed by atoms with Crippen LogP contribution in [-0.4, -0.2) is 50.0 Å². The first-order valence-corrected chi connectivity index (χ1v) is 13.6. The maximum absolute atomic E-state index is 9.74. The normalized spacial score (nSPS) is 35.9. The van der Waals surface area contributed by atoms with Gasteiger partial charge >= 0.3 is 0 Å². The number of hydrogen-bond acceptors (Lipinski definition) is 5. The molecule has 2 aliphatic rings. The van der Waals surface area contributed by atoms with Crippen LogP contribution in [0.3, 0.4) is 0 Å².